The molecular formula is C21H25N3O5S2. The van der Waals surface area contributed by atoms with Gasteiger partial charge in [0.05, 0.1) is 22.9 Å². The molecule has 10 heteroatoms. The summed E-state index contributed by atoms with van der Waals surface area (Å²) in [7, 11) is -2.39. The van der Waals surface area contributed by atoms with Gasteiger partial charge in [0.1, 0.15) is 11.3 Å². The van der Waals surface area contributed by atoms with E-state index >= 15 is 0 Å². The zero-order valence-corrected chi connectivity index (χ0v) is 19.3. The van der Waals surface area contributed by atoms with Gasteiger partial charge in [0.2, 0.25) is 5.91 Å². The fourth-order valence-corrected chi connectivity index (χ4v) is 4.56. The minimum absolute atomic E-state index is 0.0403. The molecule has 1 aromatic heterocycles. The number of fused-ring (bicyclic) bond motifs is 1. The van der Waals surface area contributed by atoms with E-state index in [1.165, 1.54) is 31.0 Å². The molecular weight excluding hydrogens is 438 g/mol. The Bertz CT molecular complexity index is 1170. The van der Waals surface area contributed by atoms with E-state index in [0.717, 1.165) is 0 Å². The van der Waals surface area contributed by atoms with E-state index in [0.29, 0.717) is 40.2 Å². The second kappa shape index (κ2) is 9.61. The highest BCUT2D eigenvalue weighted by Crippen LogP contribution is 2.30. The van der Waals surface area contributed by atoms with Crippen LogP contribution in [0.1, 0.15) is 20.8 Å². The normalized spacial score (nSPS) is 12.7. The van der Waals surface area contributed by atoms with Crippen LogP contribution in [0.15, 0.2) is 57.0 Å². The van der Waals surface area contributed by atoms with Gasteiger partial charge >= 0.3 is 0 Å². The zero-order chi connectivity index (χ0) is 22.6. The lowest BCUT2D eigenvalue weighted by Gasteiger charge is -2.11. The summed E-state index contributed by atoms with van der Waals surface area (Å²) in [5.41, 5.74) is 1.16. The number of methoxy groups -OCH3 is 1. The van der Waals surface area contributed by atoms with Gasteiger partial charge in [-0.3, -0.25) is 9.52 Å². The second-order valence-electron chi connectivity index (χ2n) is 7.31. The second-order valence-corrected chi connectivity index (χ2v) is 10.3. The van der Waals surface area contributed by atoms with Gasteiger partial charge < -0.3 is 14.5 Å². The Morgan fingerprint density at radius 3 is 2.65 bits per heavy atom. The largest absolute Gasteiger partial charge is 0.495 e. The smallest absolute Gasteiger partial charge is 0.262 e. The number of ether oxygens (including phenoxy) is 1. The number of hydrogen-bond acceptors (Lipinski definition) is 7. The highest BCUT2D eigenvalue weighted by Gasteiger charge is 2.21. The van der Waals surface area contributed by atoms with Gasteiger partial charge in [0.15, 0.2) is 5.58 Å². The first kappa shape index (κ1) is 23.0. The van der Waals surface area contributed by atoms with Crippen LogP contribution in [0.5, 0.6) is 5.75 Å². The van der Waals surface area contributed by atoms with Crippen molar-refractivity contribution in [2.75, 3.05) is 18.4 Å². The molecule has 0 fully saturated rings. The van der Waals surface area contributed by atoms with Crippen LogP contribution in [0.4, 0.5) is 5.69 Å². The Labute approximate surface area is 185 Å². The van der Waals surface area contributed by atoms with Crippen LogP contribution in [0.3, 0.4) is 0 Å². The molecule has 8 nitrogen and oxygen atoms in total. The predicted molar refractivity (Wildman–Crippen MR) is 121 cm³/mol. The Morgan fingerprint density at radius 1 is 1.19 bits per heavy atom. The summed E-state index contributed by atoms with van der Waals surface area (Å²) in [6.07, 6.45) is 0. The van der Waals surface area contributed by atoms with E-state index in [4.69, 9.17) is 9.15 Å². The Kier molecular flexibility index (Phi) is 7.11. The van der Waals surface area contributed by atoms with E-state index in [1.54, 1.807) is 37.3 Å². The van der Waals surface area contributed by atoms with Crippen LogP contribution >= 0.6 is 11.8 Å². The van der Waals surface area contributed by atoms with E-state index in [2.05, 4.69) is 15.0 Å². The molecule has 0 aliphatic heterocycles. The third kappa shape index (κ3) is 5.71. The molecule has 0 saturated carbocycles. The molecule has 0 aliphatic rings. The molecule has 31 heavy (non-hydrogen) atoms. The molecule has 2 N–H and O–H groups in total. The van der Waals surface area contributed by atoms with Gasteiger partial charge in [0, 0.05) is 6.54 Å². The highest BCUT2D eigenvalue weighted by molar-refractivity contribution is 8.00. The number of rotatable bonds is 9. The minimum Gasteiger partial charge on any atom is -0.495 e. The average molecular weight is 464 g/mol. The maximum Gasteiger partial charge on any atom is 0.262 e. The highest BCUT2D eigenvalue weighted by atomic mass is 32.2. The molecule has 3 aromatic rings. The number of nitrogens with zero attached hydrogens (tertiary/aromatic N) is 1. The quantitative estimate of drug-likeness (QED) is 0.463. The summed E-state index contributed by atoms with van der Waals surface area (Å²) in [5.74, 6) is 0.664. The Balaban J connectivity index is 1.78. The molecule has 3 rings (SSSR count). The van der Waals surface area contributed by atoms with Gasteiger partial charge in [0.25, 0.3) is 15.2 Å². The lowest BCUT2D eigenvalue weighted by atomic mass is 10.2. The van der Waals surface area contributed by atoms with Crippen molar-refractivity contribution >= 4 is 44.5 Å². The molecule has 1 amide bonds. The number of aromatic nitrogens is 1. The molecule has 0 bridgehead atoms. The molecule has 0 aliphatic carbocycles. The number of nitrogens with one attached hydrogen (secondary N) is 2. The van der Waals surface area contributed by atoms with E-state index in [1.807, 2.05) is 13.8 Å². The lowest BCUT2D eigenvalue weighted by Crippen LogP contribution is -2.33. The van der Waals surface area contributed by atoms with Crippen molar-refractivity contribution in [1.29, 1.82) is 0 Å². The van der Waals surface area contributed by atoms with Crippen LogP contribution in [0, 0.1) is 5.92 Å². The summed E-state index contributed by atoms with van der Waals surface area (Å²) in [6, 6.07) is 11.2. The van der Waals surface area contributed by atoms with E-state index in [9.17, 15) is 13.2 Å². The lowest BCUT2D eigenvalue weighted by molar-refractivity contribution is -0.120. The minimum atomic E-state index is -3.86. The third-order valence-electron chi connectivity index (χ3n) is 4.33. The first-order valence-corrected chi connectivity index (χ1v) is 12.1. The average Bonchev–Trinajstić information content (AvgIpc) is 3.13. The van der Waals surface area contributed by atoms with Gasteiger partial charge in [-0.15, -0.1) is 0 Å². The molecule has 0 saturated heterocycles. The third-order valence-corrected chi connectivity index (χ3v) is 6.64. The molecule has 1 atom stereocenters. The number of oxazole rings is 1. The fraction of sp³-hybridized carbons (Fsp3) is 0.333. The van der Waals surface area contributed by atoms with E-state index < -0.39 is 15.3 Å². The van der Waals surface area contributed by atoms with Crippen LogP contribution < -0.4 is 14.8 Å². The van der Waals surface area contributed by atoms with Crippen LogP contribution in [0.2, 0.25) is 0 Å². The molecule has 0 radical (unpaired) electrons. The molecule has 0 spiro atoms. The van der Waals surface area contributed by atoms with Gasteiger partial charge in [-0.05, 0) is 43.2 Å². The Hall–Kier alpha value is -2.72. The number of anilines is 1. The topological polar surface area (TPSA) is 111 Å². The number of sulfonamides is 1. The van der Waals surface area contributed by atoms with Crippen molar-refractivity contribution in [3.63, 3.8) is 0 Å². The van der Waals surface area contributed by atoms with E-state index in [-0.39, 0.29) is 10.8 Å². The van der Waals surface area contributed by atoms with Crippen molar-refractivity contribution in [2.24, 2.45) is 5.92 Å². The van der Waals surface area contributed by atoms with Crippen molar-refractivity contribution in [3.05, 3.63) is 42.5 Å². The number of carbonyl (C=O) groups excluding carboxylic acids is 1. The van der Waals surface area contributed by atoms with Crippen LogP contribution in [0.25, 0.3) is 11.1 Å². The molecule has 1 unspecified atom stereocenters. The van der Waals surface area contributed by atoms with Crippen molar-refractivity contribution in [1.82, 2.24) is 10.3 Å². The standard InChI is InChI=1S/C21H25N3O5S2/c1-13(2)12-22-20(25)14(3)30-21-23-17-11-15(9-10-19(17)29-21)31(26,27)24-16-7-5-6-8-18(16)28-4/h5-11,13-14,24H,12H2,1-4H3,(H,22,25). The first-order chi connectivity index (χ1) is 14.7. The van der Waals surface area contributed by atoms with Crippen molar-refractivity contribution < 1.29 is 22.4 Å². The van der Waals surface area contributed by atoms with Crippen molar-refractivity contribution in [3.8, 4) is 5.75 Å². The van der Waals surface area contributed by atoms with Crippen molar-refractivity contribution in [2.45, 2.75) is 36.1 Å². The molecule has 2 aromatic carbocycles. The predicted octanol–water partition coefficient (Wildman–Crippen LogP) is 3.89. The summed E-state index contributed by atoms with van der Waals surface area (Å²) < 4.78 is 39.1. The summed E-state index contributed by atoms with van der Waals surface area (Å²) >= 11 is 1.18. The number of para-hydroxylation sites is 2. The molecule has 1 heterocycles. The van der Waals surface area contributed by atoms with Crippen LogP contribution in [-0.4, -0.2) is 38.2 Å². The summed E-state index contributed by atoms with van der Waals surface area (Å²) in [4.78, 5) is 16.6. The van der Waals surface area contributed by atoms with Gasteiger partial charge in [-0.1, -0.05) is 37.7 Å². The number of benzene rings is 2. The number of carbonyl (C=O) groups is 1. The number of amides is 1. The molecule has 166 valence electrons. The SMILES string of the molecule is COc1ccccc1NS(=O)(=O)c1ccc2oc(SC(C)C(=O)NCC(C)C)nc2c1. The summed E-state index contributed by atoms with van der Waals surface area (Å²) in [5, 5.41) is 2.77. The summed E-state index contributed by atoms with van der Waals surface area (Å²) in [6.45, 7) is 6.40. The number of thioether (sulfide) groups is 1. The van der Waals surface area contributed by atoms with Gasteiger partial charge in [-0.2, -0.15) is 0 Å². The first-order valence-electron chi connectivity index (χ1n) is 9.70. The number of hydrogen-bond donors (Lipinski definition) is 2. The van der Waals surface area contributed by atoms with Crippen LogP contribution in [-0.2, 0) is 14.8 Å². The van der Waals surface area contributed by atoms with Gasteiger partial charge in [-0.25, -0.2) is 13.4 Å². The maximum atomic E-state index is 12.8. The maximum absolute atomic E-state index is 12.8. The fourth-order valence-electron chi connectivity index (χ4n) is 2.69. The zero-order valence-electron chi connectivity index (χ0n) is 17.7. The monoisotopic (exact) mass is 463 g/mol. The Morgan fingerprint density at radius 2 is 1.94 bits per heavy atom.